The molecule has 0 spiro atoms. The highest BCUT2D eigenvalue weighted by Gasteiger charge is 2.13. The van der Waals surface area contributed by atoms with E-state index >= 15 is 0 Å². The summed E-state index contributed by atoms with van der Waals surface area (Å²) in [6.07, 6.45) is 0. The molecule has 0 aliphatic heterocycles. The van der Waals surface area contributed by atoms with E-state index in [4.69, 9.17) is 11.2 Å². The van der Waals surface area contributed by atoms with E-state index in [9.17, 15) is 0 Å². The summed E-state index contributed by atoms with van der Waals surface area (Å²) >= 11 is 6.50. The Kier molecular flexibility index (Phi) is 4.56. The zero-order valence-corrected chi connectivity index (χ0v) is 11.4. The largest absolute Gasteiger partial charge is 0.265 e. The first-order valence-corrected chi connectivity index (χ1v) is 7.73. The third kappa shape index (κ3) is 3.54. The van der Waals surface area contributed by atoms with Crippen LogP contribution in [0.3, 0.4) is 0 Å². The minimum atomic E-state index is -0.755. The normalized spacial score (nSPS) is 12.6. The number of benzene rings is 2. The van der Waals surface area contributed by atoms with Crippen molar-refractivity contribution in [1.29, 1.82) is 0 Å². The van der Waals surface area contributed by atoms with Gasteiger partial charge in [0.25, 0.3) is 0 Å². The predicted octanol–water partition coefficient (Wildman–Crippen LogP) is 3.99. The minimum absolute atomic E-state index is 0.755. The molecule has 0 aliphatic carbocycles. The van der Waals surface area contributed by atoms with Gasteiger partial charge in [-0.15, -0.1) is 0 Å². The Morgan fingerprint density at radius 2 is 1.47 bits per heavy atom. The smallest absolute Gasteiger partial charge is 0.0946 e. The Morgan fingerprint density at radius 1 is 0.941 bits per heavy atom. The van der Waals surface area contributed by atoms with Crippen LogP contribution >= 0.6 is 18.7 Å². The van der Waals surface area contributed by atoms with Gasteiger partial charge in [-0.05, 0) is 12.6 Å². The van der Waals surface area contributed by atoms with Crippen LogP contribution in [0.5, 0.6) is 0 Å². The first-order valence-electron chi connectivity index (χ1n) is 5.53. The molecule has 17 heavy (non-hydrogen) atoms. The maximum absolute atomic E-state index is 6.50. The summed E-state index contributed by atoms with van der Waals surface area (Å²) in [7, 11) is 1.31. The number of hydrogen-bond donors (Lipinski definition) is 0. The van der Waals surface area contributed by atoms with E-state index in [1.165, 1.54) is 10.9 Å². The fourth-order valence-corrected chi connectivity index (χ4v) is 3.26. The van der Waals surface area contributed by atoms with E-state index in [1.807, 2.05) is 24.3 Å². The Labute approximate surface area is 109 Å². The number of nitrogens with zero attached hydrogens (tertiary/aromatic N) is 1. The Balaban J connectivity index is 2.03. The van der Waals surface area contributed by atoms with Gasteiger partial charge in [-0.3, -0.25) is 4.67 Å². The SMILES string of the molecule is CN(Cc1ccccc1)P(Cl)c1ccccc1. The standard InChI is InChI=1S/C14H15ClNP/c1-16(12-13-8-4-2-5-9-13)17(15)14-10-6-3-7-11-14/h2-11H,12H2,1H3. The molecule has 0 aromatic heterocycles. The Hall–Kier alpha value is -0.880. The lowest BCUT2D eigenvalue weighted by Crippen LogP contribution is -2.15. The summed E-state index contributed by atoms with van der Waals surface area (Å²) in [5, 5.41) is 1.20. The van der Waals surface area contributed by atoms with Gasteiger partial charge in [-0.25, -0.2) is 0 Å². The summed E-state index contributed by atoms with van der Waals surface area (Å²) in [6, 6.07) is 20.6. The average molecular weight is 264 g/mol. The van der Waals surface area contributed by atoms with E-state index in [1.54, 1.807) is 0 Å². The van der Waals surface area contributed by atoms with E-state index in [-0.39, 0.29) is 0 Å². The van der Waals surface area contributed by atoms with Crippen molar-refractivity contribution >= 4 is 24.0 Å². The molecule has 1 nitrogen and oxygen atoms in total. The molecule has 0 saturated carbocycles. The van der Waals surface area contributed by atoms with Crippen LogP contribution in [0, 0.1) is 0 Å². The molecule has 0 bridgehead atoms. The molecule has 1 atom stereocenters. The second-order valence-corrected chi connectivity index (χ2v) is 6.58. The van der Waals surface area contributed by atoms with Gasteiger partial charge in [0.1, 0.15) is 0 Å². The number of hydrogen-bond acceptors (Lipinski definition) is 1. The van der Waals surface area contributed by atoms with Crippen LogP contribution in [-0.2, 0) is 6.54 Å². The summed E-state index contributed by atoms with van der Waals surface area (Å²) in [5.74, 6) is 0. The monoisotopic (exact) mass is 263 g/mol. The molecule has 88 valence electrons. The van der Waals surface area contributed by atoms with E-state index in [0.717, 1.165) is 6.54 Å². The molecule has 2 aromatic carbocycles. The van der Waals surface area contributed by atoms with Crippen LogP contribution in [0.4, 0.5) is 0 Å². The molecule has 0 radical (unpaired) electrons. The number of halogens is 1. The number of rotatable bonds is 4. The molecular weight excluding hydrogens is 249 g/mol. The molecular formula is C14H15ClNP. The summed E-state index contributed by atoms with van der Waals surface area (Å²) < 4.78 is 2.20. The van der Waals surface area contributed by atoms with Crippen LogP contribution in [0.15, 0.2) is 60.7 Å². The molecule has 0 fully saturated rings. The van der Waals surface area contributed by atoms with Crippen LogP contribution < -0.4 is 5.30 Å². The van der Waals surface area contributed by atoms with Crippen molar-refractivity contribution in [1.82, 2.24) is 4.67 Å². The molecule has 0 amide bonds. The van der Waals surface area contributed by atoms with Crippen molar-refractivity contribution in [2.75, 3.05) is 7.05 Å². The zero-order valence-electron chi connectivity index (χ0n) is 9.75. The van der Waals surface area contributed by atoms with Gasteiger partial charge in [-0.2, -0.15) is 0 Å². The van der Waals surface area contributed by atoms with Gasteiger partial charge in [0.15, 0.2) is 0 Å². The highest BCUT2D eigenvalue weighted by molar-refractivity contribution is 7.88. The molecule has 1 unspecified atom stereocenters. The lowest BCUT2D eigenvalue weighted by Gasteiger charge is -2.22. The van der Waals surface area contributed by atoms with Crippen molar-refractivity contribution in [2.45, 2.75) is 6.54 Å². The third-order valence-corrected chi connectivity index (χ3v) is 5.35. The van der Waals surface area contributed by atoms with Crippen LogP contribution in [0.2, 0.25) is 0 Å². The first-order chi connectivity index (χ1) is 8.27. The van der Waals surface area contributed by atoms with Crippen LogP contribution in [-0.4, -0.2) is 11.7 Å². The van der Waals surface area contributed by atoms with Crippen molar-refractivity contribution < 1.29 is 0 Å². The van der Waals surface area contributed by atoms with Gasteiger partial charge in [0.05, 0.1) is 7.43 Å². The quantitative estimate of drug-likeness (QED) is 0.754. The van der Waals surface area contributed by atoms with Crippen molar-refractivity contribution in [3.05, 3.63) is 66.2 Å². The highest BCUT2D eigenvalue weighted by atomic mass is 35.7. The lowest BCUT2D eigenvalue weighted by atomic mass is 10.2. The first kappa shape index (κ1) is 12.6. The minimum Gasteiger partial charge on any atom is -0.265 e. The molecule has 0 N–H and O–H groups in total. The topological polar surface area (TPSA) is 3.24 Å². The molecule has 0 saturated heterocycles. The van der Waals surface area contributed by atoms with E-state index in [2.05, 4.69) is 48.1 Å². The highest BCUT2D eigenvalue weighted by Crippen LogP contribution is 2.43. The van der Waals surface area contributed by atoms with Crippen molar-refractivity contribution in [2.24, 2.45) is 0 Å². The Bertz CT molecular complexity index is 446. The van der Waals surface area contributed by atoms with Gasteiger partial charge < -0.3 is 0 Å². The average Bonchev–Trinajstić information content (AvgIpc) is 2.40. The van der Waals surface area contributed by atoms with Gasteiger partial charge in [-0.1, -0.05) is 71.9 Å². The van der Waals surface area contributed by atoms with Crippen molar-refractivity contribution in [3.63, 3.8) is 0 Å². The van der Waals surface area contributed by atoms with Crippen LogP contribution in [0.25, 0.3) is 0 Å². The fraction of sp³-hybridized carbons (Fsp3) is 0.143. The molecule has 3 heteroatoms. The van der Waals surface area contributed by atoms with Crippen molar-refractivity contribution in [3.8, 4) is 0 Å². The maximum Gasteiger partial charge on any atom is 0.0946 e. The third-order valence-electron chi connectivity index (χ3n) is 2.52. The van der Waals surface area contributed by atoms with Gasteiger partial charge in [0, 0.05) is 11.8 Å². The van der Waals surface area contributed by atoms with E-state index in [0.29, 0.717) is 0 Å². The molecule has 0 heterocycles. The Morgan fingerprint density at radius 3 is 2.06 bits per heavy atom. The predicted molar refractivity (Wildman–Crippen MR) is 76.8 cm³/mol. The second-order valence-electron chi connectivity index (χ2n) is 3.90. The summed E-state index contributed by atoms with van der Waals surface area (Å²) in [6.45, 7) is 0.880. The maximum atomic E-state index is 6.50. The second kappa shape index (κ2) is 6.16. The van der Waals surface area contributed by atoms with E-state index < -0.39 is 7.43 Å². The van der Waals surface area contributed by atoms with Crippen LogP contribution in [0.1, 0.15) is 5.56 Å². The molecule has 2 aromatic rings. The summed E-state index contributed by atoms with van der Waals surface area (Å²) in [5.41, 5.74) is 1.29. The van der Waals surface area contributed by atoms with Gasteiger partial charge >= 0.3 is 0 Å². The van der Waals surface area contributed by atoms with Gasteiger partial charge in [0.2, 0.25) is 0 Å². The lowest BCUT2D eigenvalue weighted by molar-refractivity contribution is 0.556. The molecule has 2 rings (SSSR count). The fourth-order valence-electron chi connectivity index (χ4n) is 1.66. The molecule has 0 aliphatic rings. The summed E-state index contributed by atoms with van der Waals surface area (Å²) in [4.78, 5) is 0. The zero-order chi connectivity index (χ0) is 12.1.